The van der Waals surface area contributed by atoms with Crippen molar-refractivity contribution >= 4 is 17.6 Å². The molecule has 0 bridgehead atoms. The lowest BCUT2D eigenvalue weighted by atomic mass is 10.2. The van der Waals surface area contributed by atoms with E-state index in [-0.39, 0.29) is 6.03 Å². The molecule has 0 aliphatic heterocycles. The van der Waals surface area contributed by atoms with Crippen LogP contribution in [0.2, 0.25) is 5.02 Å². The maximum atomic E-state index is 10.9. The molecule has 0 spiro atoms. The number of benzene rings is 1. The first kappa shape index (κ1) is 10.8. The summed E-state index contributed by atoms with van der Waals surface area (Å²) < 4.78 is 0. The number of hydrogen-bond acceptors (Lipinski definition) is 2. The Balaban J connectivity index is 2.41. The van der Waals surface area contributed by atoms with Gasteiger partial charge in [-0.2, -0.15) is 0 Å². The number of nitrogens with one attached hydrogen (secondary N) is 2. The third-order valence-electron chi connectivity index (χ3n) is 1.54. The van der Waals surface area contributed by atoms with Gasteiger partial charge >= 0.3 is 6.03 Å². The number of hydrogen-bond donors (Lipinski definition) is 2. The van der Waals surface area contributed by atoms with E-state index >= 15 is 0 Å². The van der Waals surface area contributed by atoms with Gasteiger partial charge in [-0.25, -0.2) is 10.3 Å². The number of carbonyl (C=O) groups excluding carboxylic acids is 1. The van der Waals surface area contributed by atoms with Crippen molar-refractivity contribution in [3.63, 3.8) is 0 Å². The molecule has 2 N–H and O–H groups in total. The summed E-state index contributed by atoms with van der Waals surface area (Å²) >= 11 is 5.77. The van der Waals surface area contributed by atoms with E-state index in [0.29, 0.717) is 11.6 Å². The number of halogens is 1. The highest BCUT2D eigenvalue weighted by Gasteiger charge is 1.98. The van der Waals surface area contributed by atoms with Crippen LogP contribution in [-0.2, 0) is 11.4 Å². The summed E-state index contributed by atoms with van der Waals surface area (Å²) in [6.07, 6.45) is 0. The van der Waals surface area contributed by atoms with Gasteiger partial charge in [-0.15, -0.1) is 0 Å². The minimum absolute atomic E-state index is 0.382. The number of rotatable bonds is 3. The molecule has 0 radical (unpaired) electrons. The topological polar surface area (TPSA) is 50.4 Å². The van der Waals surface area contributed by atoms with Crippen molar-refractivity contribution in [1.29, 1.82) is 0 Å². The van der Waals surface area contributed by atoms with E-state index < -0.39 is 0 Å². The summed E-state index contributed by atoms with van der Waals surface area (Å²) in [5.41, 5.74) is 3.08. The van der Waals surface area contributed by atoms with Gasteiger partial charge in [0, 0.05) is 11.6 Å². The van der Waals surface area contributed by atoms with Crippen molar-refractivity contribution in [1.82, 2.24) is 10.8 Å². The molecule has 14 heavy (non-hydrogen) atoms. The SMILES string of the molecule is CONC(=O)NCc1cccc(Cl)c1. The molecule has 5 heteroatoms. The molecule has 0 saturated heterocycles. The van der Waals surface area contributed by atoms with E-state index in [2.05, 4.69) is 15.6 Å². The molecule has 1 aromatic carbocycles. The average Bonchev–Trinajstić information content (AvgIpc) is 2.15. The van der Waals surface area contributed by atoms with Crippen LogP contribution in [0.5, 0.6) is 0 Å². The van der Waals surface area contributed by atoms with Gasteiger partial charge in [0.25, 0.3) is 0 Å². The minimum atomic E-state index is -0.382. The fourth-order valence-electron chi connectivity index (χ4n) is 0.958. The monoisotopic (exact) mass is 214 g/mol. The Hall–Kier alpha value is -1.26. The zero-order chi connectivity index (χ0) is 10.4. The largest absolute Gasteiger partial charge is 0.338 e. The Morgan fingerprint density at radius 1 is 1.57 bits per heavy atom. The number of hydroxylamine groups is 1. The molecule has 4 nitrogen and oxygen atoms in total. The molecular weight excluding hydrogens is 204 g/mol. The average molecular weight is 215 g/mol. The molecular formula is C9H11ClN2O2. The van der Waals surface area contributed by atoms with Gasteiger partial charge in [0.15, 0.2) is 0 Å². The molecule has 0 aromatic heterocycles. The second kappa shape index (κ2) is 5.47. The molecule has 76 valence electrons. The van der Waals surface area contributed by atoms with Gasteiger partial charge in [0.05, 0.1) is 7.11 Å². The molecule has 0 atom stereocenters. The van der Waals surface area contributed by atoms with Crippen molar-refractivity contribution in [2.75, 3.05) is 7.11 Å². The first-order valence-electron chi connectivity index (χ1n) is 4.03. The second-order valence-corrected chi connectivity index (χ2v) is 3.06. The predicted octanol–water partition coefficient (Wildman–Crippen LogP) is 1.70. The van der Waals surface area contributed by atoms with Crippen molar-refractivity contribution in [3.8, 4) is 0 Å². The van der Waals surface area contributed by atoms with Crippen LogP contribution < -0.4 is 10.8 Å². The zero-order valence-corrected chi connectivity index (χ0v) is 8.47. The lowest BCUT2D eigenvalue weighted by Gasteiger charge is -2.05. The van der Waals surface area contributed by atoms with Crippen molar-refractivity contribution in [2.45, 2.75) is 6.54 Å². The normalized spacial score (nSPS) is 9.57. The Labute approximate surface area is 87.2 Å². The van der Waals surface area contributed by atoms with Gasteiger partial charge in [-0.3, -0.25) is 4.84 Å². The van der Waals surface area contributed by atoms with E-state index in [9.17, 15) is 4.79 Å². The Morgan fingerprint density at radius 2 is 2.36 bits per heavy atom. The molecule has 1 aromatic rings. The number of amides is 2. The quantitative estimate of drug-likeness (QED) is 0.753. The summed E-state index contributed by atoms with van der Waals surface area (Å²) in [7, 11) is 1.37. The van der Waals surface area contributed by atoms with Crippen LogP contribution in [0.4, 0.5) is 4.79 Å². The van der Waals surface area contributed by atoms with Crippen LogP contribution >= 0.6 is 11.6 Å². The molecule has 0 unspecified atom stereocenters. The van der Waals surface area contributed by atoms with Crippen LogP contribution in [0, 0.1) is 0 Å². The predicted molar refractivity (Wildman–Crippen MR) is 53.8 cm³/mol. The first-order valence-corrected chi connectivity index (χ1v) is 4.41. The fourth-order valence-corrected chi connectivity index (χ4v) is 1.17. The Kier molecular flexibility index (Phi) is 4.22. The van der Waals surface area contributed by atoms with E-state index in [0.717, 1.165) is 5.56 Å². The summed E-state index contributed by atoms with van der Waals surface area (Å²) in [4.78, 5) is 15.3. The fraction of sp³-hybridized carbons (Fsp3) is 0.222. The van der Waals surface area contributed by atoms with E-state index in [1.807, 2.05) is 12.1 Å². The smallest absolute Gasteiger partial charge is 0.332 e. The zero-order valence-electron chi connectivity index (χ0n) is 7.71. The van der Waals surface area contributed by atoms with Crippen LogP contribution in [0.3, 0.4) is 0 Å². The highest BCUT2D eigenvalue weighted by Crippen LogP contribution is 2.09. The van der Waals surface area contributed by atoms with Gasteiger partial charge < -0.3 is 5.32 Å². The standard InChI is InChI=1S/C9H11ClN2O2/c1-14-12-9(13)11-6-7-3-2-4-8(10)5-7/h2-5H,6H2,1H3,(H2,11,12,13). The van der Waals surface area contributed by atoms with Gasteiger partial charge in [0.2, 0.25) is 0 Å². The molecule has 2 amide bonds. The van der Waals surface area contributed by atoms with Gasteiger partial charge in [-0.1, -0.05) is 23.7 Å². The van der Waals surface area contributed by atoms with Gasteiger partial charge in [-0.05, 0) is 17.7 Å². The van der Waals surface area contributed by atoms with Gasteiger partial charge in [0.1, 0.15) is 0 Å². The maximum absolute atomic E-state index is 10.9. The van der Waals surface area contributed by atoms with Crippen LogP contribution in [0.1, 0.15) is 5.56 Å². The number of carbonyl (C=O) groups is 1. The summed E-state index contributed by atoms with van der Waals surface area (Å²) in [5.74, 6) is 0. The van der Waals surface area contributed by atoms with Crippen LogP contribution in [0.25, 0.3) is 0 Å². The maximum Gasteiger partial charge on any atom is 0.338 e. The highest BCUT2D eigenvalue weighted by atomic mass is 35.5. The first-order chi connectivity index (χ1) is 6.72. The Bertz CT molecular complexity index is 317. The van der Waals surface area contributed by atoms with E-state index in [4.69, 9.17) is 11.6 Å². The molecule has 1 rings (SSSR count). The summed E-state index contributed by atoms with van der Waals surface area (Å²) in [5, 5.41) is 3.24. The minimum Gasteiger partial charge on any atom is -0.332 e. The van der Waals surface area contributed by atoms with Crippen molar-refractivity contribution in [2.24, 2.45) is 0 Å². The lowest BCUT2D eigenvalue weighted by Crippen LogP contribution is -2.34. The molecule has 0 aliphatic rings. The number of urea groups is 1. The summed E-state index contributed by atoms with van der Waals surface area (Å²) in [6, 6.07) is 6.88. The lowest BCUT2D eigenvalue weighted by molar-refractivity contribution is 0.107. The molecule has 0 saturated carbocycles. The van der Waals surface area contributed by atoms with Crippen LogP contribution in [-0.4, -0.2) is 13.1 Å². The second-order valence-electron chi connectivity index (χ2n) is 2.62. The highest BCUT2D eigenvalue weighted by molar-refractivity contribution is 6.30. The van der Waals surface area contributed by atoms with E-state index in [1.165, 1.54) is 7.11 Å². The van der Waals surface area contributed by atoms with Crippen LogP contribution in [0.15, 0.2) is 24.3 Å². The molecule has 0 heterocycles. The Morgan fingerprint density at radius 3 is 3.00 bits per heavy atom. The molecule has 0 aliphatic carbocycles. The molecule has 0 fully saturated rings. The van der Waals surface area contributed by atoms with Crippen molar-refractivity contribution in [3.05, 3.63) is 34.9 Å². The third kappa shape index (κ3) is 3.64. The van der Waals surface area contributed by atoms with E-state index in [1.54, 1.807) is 12.1 Å². The van der Waals surface area contributed by atoms with Crippen molar-refractivity contribution < 1.29 is 9.63 Å². The summed E-state index contributed by atoms with van der Waals surface area (Å²) in [6.45, 7) is 0.412. The third-order valence-corrected chi connectivity index (χ3v) is 1.77.